The Balaban J connectivity index is 2.24. The molecule has 0 aromatic carbocycles. The van der Waals surface area contributed by atoms with E-state index in [0.717, 1.165) is 11.3 Å². The van der Waals surface area contributed by atoms with Crippen LogP contribution in [0.2, 0.25) is 0 Å². The van der Waals surface area contributed by atoms with Gasteiger partial charge in [-0.3, -0.25) is 24.3 Å². The van der Waals surface area contributed by atoms with Gasteiger partial charge in [-0.15, -0.1) is 0 Å². The monoisotopic (exact) mass is 306 g/mol. The van der Waals surface area contributed by atoms with Crippen molar-refractivity contribution in [3.63, 3.8) is 0 Å². The van der Waals surface area contributed by atoms with Crippen LogP contribution in [0.15, 0.2) is 12.4 Å². The maximum absolute atomic E-state index is 12.3. The first-order valence-electron chi connectivity index (χ1n) is 6.86. The van der Waals surface area contributed by atoms with Crippen molar-refractivity contribution in [2.45, 2.75) is 33.4 Å². The molecule has 0 spiro atoms. The third-order valence-electron chi connectivity index (χ3n) is 3.57. The zero-order valence-corrected chi connectivity index (χ0v) is 12.9. The average Bonchev–Trinajstić information content (AvgIpc) is 3.04. The van der Waals surface area contributed by atoms with Crippen LogP contribution in [0.1, 0.15) is 41.6 Å². The Hall–Kier alpha value is -2.71. The molecule has 0 bridgehead atoms. The van der Waals surface area contributed by atoms with Crippen LogP contribution in [0.3, 0.4) is 0 Å². The Morgan fingerprint density at radius 3 is 2.73 bits per heavy atom. The van der Waals surface area contributed by atoms with Crippen molar-refractivity contribution < 1.29 is 9.72 Å². The fourth-order valence-electron chi connectivity index (χ4n) is 2.15. The van der Waals surface area contributed by atoms with Crippen molar-refractivity contribution in [2.75, 3.05) is 0 Å². The van der Waals surface area contributed by atoms with E-state index >= 15 is 0 Å². The number of carbonyl (C=O) groups excluding carboxylic acids is 1. The highest BCUT2D eigenvalue weighted by molar-refractivity contribution is 5.96. The molecule has 118 valence electrons. The van der Waals surface area contributed by atoms with Crippen LogP contribution >= 0.6 is 0 Å². The second kappa shape index (κ2) is 5.96. The molecule has 0 fully saturated rings. The number of aromatic nitrogens is 4. The molecule has 9 heteroatoms. The molecule has 9 nitrogen and oxygen atoms in total. The molecule has 0 aliphatic heterocycles. The Labute approximate surface area is 127 Å². The molecular weight excluding hydrogens is 288 g/mol. The molecule has 0 aliphatic rings. The third kappa shape index (κ3) is 2.83. The molecule has 1 unspecified atom stereocenters. The van der Waals surface area contributed by atoms with Gasteiger partial charge in [0.1, 0.15) is 6.20 Å². The predicted molar refractivity (Wildman–Crippen MR) is 78.4 cm³/mol. The molecule has 0 saturated heterocycles. The highest BCUT2D eigenvalue weighted by Crippen LogP contribution is 2.20. The van der Waals surface area contributed by atoms with E-state index in [-0.39, 0.29) is 17.4 Å². The van der Waals surface area contributed by atoms with Crippen molar-refractivity contribution in [1.29, 1.82) is 0 Å². The summed E-state index contributed by atoms with van der Waals surface area (Å²) >= 11 is 0. The Kier molecular flexibility index (Phi) is 4.25. The van der Waals surface area contributed by atoms with E-state index in [1.807, 2.05) is 6.92 Å². The predicted octanol–water partition coefficient (Wildman–Crippen LogP) is 1.34. The minimum atomic E-state index is -0.603. The quantitative estimate of drug-likeness (QED) is 0.662. The zero-order valence-electron chi connectivity index (χ0n) is 12.9. The van der Waals surface area contributed by atoms with Crippen LogP contribution in [0, 0.1) is 17.0 Å². The number of amides is 1. The first kappa shape index (κ1) is 15.7. The van der Waals surface area contributed by atoms with Gasteiger partial charge < -0.3 is 5.32 Å². The smallest absolute Gasteiger partial charge is 0.320 e. The maximum Gasteiger partial charge on any atom is 0.320 e. The van der Waals surface area contributed by atoms with Crippen molar-refractivity contribution in [1.82, 2.24) is 24.9 Å². The summed E-state index contributed by atoms with van der Waals surface area (Å²) in [6.07, 6.45) is 2.92. The molecule has 0 saturated carbocycles. The maximum atomic E-state index is 12.3. The Morgan fingerprint density at radius 1 is 1.55 bits per heavy atom. The lowest BCUT2D eigenvalue weighted by molar-refractivity contribution is -0.385. The average molecular weight is 306 g/mol. The summed E-state index contributed by atoms with van der Waals surface area (Å²) < 4.78 is 3.07. The SMILES string of the molecule is CCn1cc([N+](=O)[O-])c(C(=O)NC(C)c2cnn(C)c2C)n1. The largest absolute Gasteiger partial charge is 0.344 e. The van der Waals surface area contributed by atoms with E-state index in [0.29, 0.717) is 6.54 Å². The highest BCUT2D eigenvalue weighted by Gasteiger charge is 2.27. The molecule has 2 aromatic heterocycles. The molecule has 1 N–H and O–H groups in total. The minimum Gasteiger partial charge on any atom is -0.344 e. The number of hydrogen-bond donors (Lipinski definition) is 1. The van der Waals surface area contributed by atoms with Gasteiger partial charge in [-0.05, 0) is 20.8 Å². The second-order valence-electron chi connectivity index (χ2n) is 4.98. The van der Waals surface area contributed by atoms with Gasteiger partial charge in [-0.2, -0.15) is 10.2 Å². The second-order valence-corrected chi connectivity index (χ2v) is 4.98. The first-order chi connectivity index (χ1) is 10.3. The van der Waals surface area contributed by atoms with Gasteiger partial charge >= 0.3 is 5.69 Å². The van der Waals surface area contributed by atoms with Gasteiger partial charge in [-0.25, -0.2) is 0 Å². The summed E-state index contributed by atoms with van der Waals surface area (Å²) in [7, 11) is 1.81. The summed E-state index contributed by atoms with van der Waals surface area (Å²) in [5.74, 6) is -0.574. The zero-order chi connectivity index (χ0) is 16.4. The third-order valence-corrected chi connectivity index (χ3v) is 3.57. The molecule has 1 amide bonds. The van der Waals surface area contributed by atoms with E-state index in [9.17, 15) is 14.9 Å². The number of carbonyl (C=O) groups is 1. The molecule has 22 heavy (non-hydrogen) atoms. The van der Waals surface area contributed by atoms with Crippen molar-refractivity contribution >= 4 is 11.6 Å². The topological polar surface area (TPSA) is 108 Å². The summed E-state index contributed by atoms with van der Waals surface area (Å²) in [5.41, 5.74) is 1.30. The molecule has 2 heterocycles. The van der Waals surface area contributed by atoms with Crippen LogP contribution in [-0.4, -0.2) is 30.4 Å². The number of rotatable bonds is 5. The fourth-order valence-corrected chi connectivity index (χ4v) is 2.15. The van der Waals surface area contributed by atoms with Gasteiger partial charge in [-0.1, -0.05) is 0 Å². The van der Waals surface area contributed by atoms with Crippen LogP contribution in [0.25, 0.3) is 0 Å². The van der Waals surface area contributed by atoms with Gasteiger partial charge in [0.15, 0.2) is 0 Å². The van der Waals surface area contributed by atoms with Crippen molar-refractivity contribution in [3.05, 3.63) is 39.5 Å². The van der Waals surface area contributed by atoms with Gasteiger partial charge in [0.25, 0.3) is 5.91 Å². The van der Waals surface area contributed by atoms with E-state index in [1.165, 1.54) is 10.9 Å². The Morgan fingerprint density at radius 2 is 2.23 bits per heavy atom. The van der Waals surface area contributed by atoms with Crippen LogP contribution < -0.4 is 5.32 Å². The van der Waals surface area contributed by atoms with E-state index in [1.54, 1.807) is 31.8 Å². The number of nitrogens with zero attached hydrogens (tertiary/aromatic N) is 5. The molecule has 2 aromatic rings. The van der Waals surface area contributed by atoms with Gasteiger partial charge in [0, 0.05) is 24.8 Å². The molecule has 1 atom stereocenters. The molecular formula is C13H18N6O3. The molecule has 2 rings (SSSR count). The lowest BCUT2D eigenvalue weighted by atomic mass is 10.1. The lowest BCUT2D eigenvalue weighted by Crippen LogP contribution is -2.28. The number of aryl methyl sites for hydroxylation is 2. The van der Waals surface area contributed by atoms with E-state index in [2.05, 4.69) is 15.5 Å². The molecule has 0 aliphatic carbocycles. The normalized spacial score (nSPS) is 12.2. The van der Waals surface area contributed by atoms with Gasteiger partial charge in [0.05, 0.1) is 17.2 Å². The Bertz CT molecular complexity index is 717. The summed E-state index contributed by atoms with van der Waals surface area (Å²) in [6, 6.07) is -0.326. The minimum absolute atomic E-state index is 0.180. The highest BCUT2D eigenvalue weighted by atomic mass is 16.6. The van der Waals surface area contributed by atoms with E-state index in [4.69, 9.17) is 0 Å². The summed E-state index contributed by atoms with van der Waals surface area (Å²) in [6.45, 7) is 5.93. The number of hydrogen-bond acceptors (Lipinski definition) is 5. The number of nitrogens with one attached hydrogen (secondary N) is 1. The van der Waals surface area contributed by atoms with Gasteiger partial charge in [0.2, 0.25) is 5.69 Å². The number of nitro groups is 1. The van der Waals surface area contributed by atoms with E-state index < -0.39 is 10.8 Å². The van der Waals surface area contributed by atoms with Crippen LogP contribution in [-0.2, 0) is 13.6 Å². The standard InChI is InChI=1S/C13H18N6O3/c1-5-18-7-11(19(21)22)12(16-18)13(20)15-8(2)10-6-14-17(4)9(10)3/h6-8H,5H2,1-4H3,(H,15,20). The first-order valence-corrected chi connectivity index (χ1v) is 6.86. The lowest BCUT2D eigenvalue weighted by Gasteiger charge is -2.12. The fraction of sp³-hybridized carbons (Fsp3) is 0.462. The van der Waals surface area contributed by atoms with Crippen molar-refractivity contribution in [3.8, 4) is 0 Å². The van der Waals surface area contributed by atoms with Crippen LogP contribution in [0.5, 0.6) is 0 Å². The summed E-state index contributed by atoms with van der Waals surface area (Å²) in [4.78, 5) is 22.7. The molecule has 0 radical (unpaired) electrons. The summed E-state index contributed by atoms with van der Waals surface area (Å²) in [5, 5.41) is 21.8. The van der Waals surface area contributed by atoms with Crippen LogP contribution in [0.4, 0.5) is 5.69 Å². The van der Waals surface area contributed by atoms with Crippen molar-refractivity contribution in [2.24, 2.45) is 7.05 Å².